The Hall–Kier alpha value is -0.930. The van der Waals surface area contributed by atoms with Gasteiger partial charge in [0, 0.05) is 21.2 Å². The van der Waals surface area contributed by atoms with Gasteiger partial charge in [0.25, 0.3) is 0 Å². The second-order valence-corrected chi connectivity index (χ2v) is 3.40. The Morgan fingerprint density at radius 2 is 2.29 bits per heavy atom. The van der Waals surface area contributed by atoms with E-state index in [2.05, 4.69) is 22.4 Å². The molecule has 0 amide bonds. The summed E-state index contributed by atoms with van der Waals surface area (Å²) >= 11 is 0. The summed E-state index contributed by atoms with van der Waals surface area (Å²) in [6.45, 7) is 1.73. The highest BCUT2D eigenvalue weighted by Gasteiger charge is 1.95. The van der Waals surface area contributed by atoms with Crippen molar-refractivity contribution in [3.8, 4) is 0 Å². The van der Waals surface area contributed by atoms with Crippen LogP contribution < -0.4 is 11.1 Å². The first-order valence-corrected chi connectivity index (χ1v) is 5.15. The molecular formula is C11H23N3. The van der Waals surface area contributed by atoms with E-state index in [1.165, 1.54) is 5.56 Å². The van der Waals surface area contributed by atoms with Crippen molar-refractivity contribution in [3.05, 3.63) is 29.6 Å². The van der Waals surface area contributed by atoms with Gasteiger partial charge in [0.2, 0.25) is 0 Å². The molecule has 0 aliphatic rings. The monoisotopic (exact) mass is 197 g/mol. The van der Waals surface area contributed by atoms with Crippen molar-refractivity contribution in [1.29, 1.82) is 0 Å². The topological polar surface area (TPSA) is 50.9 Å². The SMILES string of the molecule is CNCCCc1ccc(CCN)nc1.[HH].[HH]. The third-order valence-corrected chi connectivity index (χ3v) is 2.18. The second kappa shape index (κ2) is 6.51. The number of nitrogens with zero attached hydrogens (tertiary/aromatic N) is 1. The number of aromatic nitrogens is 1. The smallest absolute Gasteiger partial charge is 0.0416 e. The van der Waals surface area contributed by atoms with Crippen LogP contribution in [0.2, 0.25) is 0 Å². The number of nitrogens with one attached hydrogen (secondary N) is 1. The summed E-state index contributed by atoms with van der Waals surface area (Å²) in [6, 6.07) is 4.22. The first-order chi connectivity index (χ1) is 6.86. The van der Waals surface area contributed by atoms with Crippen molar-refractivity contribution in [3.63, 3.8) is 0 Å². The molecule has 3 N–H and O–H groups in total. The highest BCUT2D eigenvalue weighted by molar-refractivity contribution is 5.14. The fourth-order valence-corrected chi connectivity index (χ4v) is 1.37. The van der Waals surface area contributed by atoms with Crippen molar-refractivity contribution in [2.45, 2.75) is 19.3 Å². The van der Waals surface area contributed by atoms with E-state index in [-0.39, 0.29) is 2.85 Å². The minimum absolute atomic E-state index is 0. The van der Waals surface area contributed by atoms with Crippen molar-refractivity contribution in [2.75, 3.05) is 20.1 Å². The molecule has 1 aromatic heterocycles. The van der Waals surface area contributed by atoms with Gasteiger partial charge in [0.1, 0.15) is 0 Å². The van der Waals surface area contributed by atoms with Crippen molar-refractivity contribution >= 4 is 0 Å². The molecule has 0 radical (unpaired) electrons. The molecule has 0 fully saturated rings. The highest BCUT2D eigenvalue weighted by atomic mass is 14.8. The van der Waals surface area contributed by atoms with Gasteiger partial charge in [-0.3, -0.25) is 4.98 Å². The molecule has 0 aliphatic carbocycles. The Balaban J connectivity index is 0. The molecule has 3 nitrogen and oxygen atoms in total. The zero-order valence-electron chi connectivity index (χ0n) is 8.79. The maximum atomic E-state index is 5.45. The predicted octanol–water partition coefficient (Wildman–Crippen LogP) is 1.23. The largest absolute Gasteiger partial charge is 0.330 e. The Bertz CT molecular complexity index is 252. The summed E-state index contributed by atoms with van der Waals surface area (Å²) in [4.78, 5) is 4.35. The van der Waals surface area contributed by atoms with Crippen LogP contribution in [0.4, 0.5) is 0 Å². The Kier molecular flexibility index (Phi) is 5.19. The van der Waals surface area contributed by atoms with Gasteiger partial charge in [-0.25, -0.2) is 0 Å². The minimum Gasteiger partial charge on any atom is -0.330 e. The van der Waals surface area contributed by atoms with Crippen LogP contribution in [-0.4, -0.2) is 25.1 Å². The third-order valence-electron chi connectivity index (χ3n) is 2.18. The number of aryl methyl sites for hydroxylation is 1. The minimum atomic E-state index is 0. The van der Waals surface area contributed by atoms with Crippen LogP contribution in [-0.2, 0) is 12.8 Å². The fourth-order valence-electron chi connectivity index (χ4n) is 1.37. The summed E-state index contributed by atoms with van der Waals surface area (Å²) in [5.41, 5.74) is 7.84. The molecule has 1 aromatic rings. The summed E-state index contributed by atoms with van der Waals surface area (Å²) in [5, 5.41) is 3.13. The van der Waals surface area contributed by atoms with Crippen LogP contribution in [0.25, 0.3) is 0 Å². The first kappa shape index (κ1) is 11.1. The molecule has 0 atom stereocenters. The third kappa shape index (κ3) is 3.85. The fraction of sp³-hybridized carbons (Fsp3) is 0.545. The Morgan fingerprint density at radius 1 is 1.43 bits per heavy atom. The standard InChI is InChI=1S/C11H19N3.2H2/c1-13-8-2-3-10-4-5-11(6-7-12)14-9-10;;/h4-5,9,13H,2-3,6-8,12H2,1H3;2*1H. The lowest BCUT2D eigenvalue weighted by atomic mass is 10.1. The summed E-state index contributed by atoms with van der Waals surface area (Å²) < 4.78 is 0. The van der Waals surface area contributed by atoms with E-state index in [1.54, 1.807) is 0 Å². The highest BCUT2D eigenvalue weighted by Crippen LogP contribution is 2.03. The predicted molar refractivity (Wildman–Crippen MR) is 63.5 cm³/mol. The van der Waals surface area contributed by atoms with Crippen molar-refractivity contribution in [1.82, 2.24) is 10.3 Å². The van der Waals surface area contributed by atoms with Gasteiger partial charge >= 0.3 is 0 Å². The lowest BCUT2D eigenvalue weighted by Gasteiger charge is -2.02. The molecule has 0 bridgehead atoms. The van der Waals surface area contributed by atoms with E-state index in [0.29, 0.717) is 6.54 Å². The summed E-state index contributed by atoms with van der Waals surface area (Å²) in [7, 11) is 1.97. The maximum Gasteiger partial charge on any atom is 0.0416 e. The van der Waals surface area contributed by atoms with E-state index >= 15 is 0 Å². The second-order valence-electron chi connectivity index (χ2n) is 3.40. The van der Waals surface area contributed by atoms with Crippen LogP contribution >= 0.6 is 0 Å². The van der Waals surface area contributed by atoms with Crippen LogP contribution in [0.15, 0.2) is 18.3 Å². The van der Waals surface area contributed by atoms with Crippen LogP contribution in [0, 0.1) is 0 Å². The molecule has 3 heteroatoms. The van der Waals surface area contributed by atoms with Gasteiger partial charge < -0.3 is 11.1 Å². The van der Waals surface area contributed by atoms with Gasteiger partial charge in [-0.2, -0.15) is 0 Å². The molecule has 14 heavy (non-hydrogen) atoms. The zero-order valence-corrected chi connectivity index (χ0v) is 8.79. The van der Waals surface area contributed by atoms with Gasteiger partial charge in [0.15, 0.2) is 0 Å². The number of pyridine rings is 1. The van der Waals surface area contributed by atoms with E-state index in [1.807, 2.05) is 13.2 Å². The van der Waals surface area contributed by atoms with Crippen molar-refractivity contribution in [2.24, 2.45) is 5.73 Å². The van der Waals surface area contributed by atoms with E-state index in [4.69, 9.17) is 5.73 Å². The van der Waals surface area contributed by atoms with Crippen molar-refractivity contribution < 1.29 is 2.85 Å². The quantitative estimate of drug-likeness (QED) is 0.674. The van der Waals surface area contributed by atoms with E-state index < -0.39 is 0 Å². The van der Waals surface area contributed by atoms with Gasteiger partial charge in [-0.15, -0.1) is 0 Å². The van der Waals surface area contributed by atoms with Crippen LogP contribution in [0.1, 0.15) is 20.5 Å². The molecule has 0 saturated heterocycles. The van der Waals surface area contributed by atoms with E-state index in [9.17, 15) is 0 Å². The molecule has 1 rings (SSSR count). The molecule has 0 spiro atoms. The molecular weight excluding hydrogens is 174 g/mol. The Morgan fingerprint density at radius 3 is 2.86 bits per heavy atom. The normalized spacial score (nSPS) is 10.4. The zero-order chi connectivity index (χ0) is 10.2. The number of nitrogens with two attached hydrogens (primary N) is 1. The molecule has 1 heterocycles. The number of hydrogen-bond donors (Lipinski definition) is 2. The number of rotatable bonds is 6. The average Bonchev–Trinajstić information content (AvgIpc) is 2.21. The first-order valence-electron chi connectivity index (χ1n) is 5.15. The number of hydrogen-bond acceptors (Lipinski definition) is 3. The lowest BCUT2D eigenvalue weighted by molar-refractivity contribution is 0.722. The molecule has 82 valence electrons. The molecule has 0 aromatic carbocycles. The molecule has 0 unspecified atom stereocenters. The van der Waals surface area contributed by atoms with Gasteiger partial charge in [0.05, 0.1) is 0 Å². The Labute approximate surface area is 88.7 Å². The van der Waals surface area contributed by atoms with Crippen LogP contribution in [0.5, 0.6) is 0 Å². The van der Waals surface area contributed by atoms with Crippen LogP contribution in [0.3, 0.4) is 0 Å². The summed E-state index contributed by atoms with van der Waals surface area (Å²) in [5.74, 6) is 0. The average molecular weight is 197 g/mol. The summed E-state index contributed by atoms with van der Waals surface area (Å²) in [6.07, 6.45) is 5.09. The maximum absolute atomic E-state index is 5.45. The van der Waals surface area contributed by atoms with Gasteiger partial charge in [-0.1, -0.05) is 6.07 Å². The molecule has 0 aliphatic heterocycles. The van der Waals surface area contributed by atoms with E-state index in [0.717, 1.165) is 31.5 Å². The lowest BCUT2D eigenvalue weighted by Crippen LogP contribution is -2.08. The van der Waals surface area contributed by atoms with Gasteiger partial charge in [-0.05, 0) is 44.6 Å². The molecule has 0 saturated carbocycles.